The van der Waals surface area contributed by atoms with Crippen molar-refractivity contribution < 1.29 is 0 Å². The van der Waals surface area contributed by atoms with E-state index in [2.05, 4.69) is 37.9 Å². The maximum absolute atomic E-state index is 3.40. The summed E-state index contributed by atoms with van der Waals surface area (Å²) in [5, 5.41) is 3.40. The van der Waals surface area contributed by atoms with Crippen LogP contribution >= 0.6 is 0 Å². The van der Waals surface area contributed by atoms with Crippen LogP contribution in [-0.2, 0) is 0 Å². The fourth-order valence-corrected chi connectivity index (χ4v) is 2.20. The summed E-state index contributed by atoms with van der Waals surface area (Å²) in [6.07, 6.45) is 2.64. The lowest BCUT2D eigenvalue weighted by atomic mass is 9.93. The highest BCUT2D eigenvalue weighted by Crippen LogP contribution is 2.30. The minimum atomic E-state index is 0.548. The zero-order chi connectivity index (χ0) is 10.6. The molecular weight excluding hydrogens is 172 g/mol. The molecule has 2 nitrogen and oxygen atoms in total. The van der Waals surface area contributed by atoms with Crippen molar-refractivity contribution in [3.8, 4) is 0 Å². The van der Waals surface area contributed by atoms with Gasteiger partial charge in [0.05, 0.1) is 0 Å². The number of hydrogen-bond donors (Lipinski definition) is 1. The average Bonchev–Trinajstić information content (AvgIpc) is 2.46. The van der Waals surface area contributed by atoms with E-state index in [0.29, 0.717) is 5.41 Å². The largest absolute Gasteiger partial charge is 0.317 e. The monoisotopic (exact) mass is 198 g/mol. The summed E-state index contributed by atoms with van der Waals surface area (Å²) in [6, 6.07) is 0.746. The van der Waals surface area contributed by atoms with E-state index in [4.69, 9.17) is 0 Å². The molecule has 1 heterocycles. The molecule has 0 aromatic carbocycles. The van der Waals surface area contributed by atoms with Crippen molar-refractivity contribution >= 4 is 0 Å². The molecule has 0 aromatic heterocycles. The molecule has 1 atom stereocenters. The van der Waals surface area contributed by atoms with E-state index >= 15 is 0 Å². The van der Waals surface area contributed by atoms with Crippen LogP contribution in [0.3, 0.4) is 0 Å². The Morgan fingerprint density at radius 1 is 1.43 bits per heavy atom. The van der Waals surface area contributed by atoms with Crippen LogP contribution in [0.4, 0.5) is 0 Å². The average molecular weight is 198 g/mol. The Bertz CT molecular complexity index is 166. The highest BCUT2D eigenvalue weighted by Gasteiger charge is 2.31. The molecule has 0 saturated carbocycles. The van der Waals surface area contributed by atoms with Crippen molar-refractivity contribution in [2.75, 3.05) is 26.2 Å². The molecule has 1 N–H and O–H groups in total. The molecule has 1 aliphatic rings. The zero-order valence-electron chi connectivity index (χ0n) is 10.3. The first-order valence-electron chi connectivity index (χ1n) is 6.00. The van der Waals surface area contributed by atoms with Gasteiger partial charge in [-0.05, 0) is 44.8 Å². The van der Waals surface area contributed by atoms with E-state index in [1.807, 2.05) is 0 Å². The lowest BCUT2D eigenvalue weighted by molar-refractivity contribution is 0.220. The predicted molar refractivity (Wildman–Crippen MR) is 62.6 cm³/mol. The first-order chi connectivity index (χ1) is 6.55. The van der Waals surface area contributed by atoms with Crippen LogP contribution in [-0.4, -0.2) is 37.1 Å². The van der Waals surface area contributed by atoms with Gasteiger partial charge in [0.2, 0.25) is 0 Å². The van der Waals surface area contributed by atoms with Gasteiger partial charge >= 0.3 is 0 Å². The van der Waals surface area contributed by atoms with Crippen molar-refractivity contribution in [1.29, 1.82) is 0 Å². The molecular formula is C12H26N2. The molecule has 0 aromatic rings. The van der Waals surface area contributed by atoms with Crippen LogP contribution in [0.2, 0.25) is 0 Å². The Kier molecular flexibility index (Phi) is 4.39. The molecule has 14 heavy (non-hydrogen) atoms. The minimum absolute atomic E-state index is 0.548. The van der Waals surface area contributed by atoms with Gasteiger partial charge in [0.1, 0.15) is 0 Å². The number of likely N-dealkylation sites (tertiary alicyclic amines) is 1. The quantitative estimate of drug-likeness (QED) is 0.681. The van der Waals surface area contributed by atoms with Gasteiger partial charge in [-0.15, -0.1) is 0 Å². The summed E-state index contributed by atoms with van der Waals surface area (Å²) >= 11 is 0. The van der Waals surface area contributed by atoms with E-state index in [0.717, 1.165) is 19.1 Å². The number of hydrogen-bond acceptors (Lipinski definition) is 2. The Morgan fingerprint density at radius 2 is 2.14 bits per heavy atom. The number of rotatable bonds is 5. The summed E-state index contributed by atoms with van der Waals surface area (Å²) in [6.45, 7) is 14.1. The highest BCUT2D eigenvalue weighted by atomic mass is 15.2. The maximum Gasteiger partial charge on any atom is 0.00792 e. The second kappa shape index (κ2) is 5.13. The Hall–Kier alpha value is -0.0800. The van der Waals surface area contributed by atoms with Gasteiger partial charge in [-0.3, -0.25) is 0 Å². The van der Waals surface area contributed by atoms with Gasteiger partial charge in [-0.1, -0.05) is 20.8 Å². The van der Waals surface area contributed by atoms with Gasteiger partial charge in [-0.2, -0.15) is 0 Å². The summed E-state index contributed by atoms with van der Waals surface area (Å²) in [4.78, 5) is 2.64. The molecule has 2 heteroatoms. The Balaban J connectivity index is 2.22. The summed E-state index contributed by atoms with van der Waals surface area (Å²) in [5.74, 6) is 0. The first kappa shape index (κ1) is 12.0. The smallest absolute Gasteiger partial charge is 0.00792 e. The minimum Gasteiger partial charge on any atom is -0.317 e. The topological polar surface area (TPSA) is 15.3 Å². The van der Waals surface area contributed by atoms with Gasteiger partial charge in [-0.25, -0.2) is 0 Å². The van der Waals surface area contributed by atoms with Gasteiger partial charge in [0, 0.05) is 12.6 Å². The third kappa shape index (κ3) is 3.58. The Morgan fingerprint density at radius 3 is 2.64 bits per heavy atom. The van der Waals surface area contributed by atoms with Crippen LogP contribution < -0.4 is 5.32 Å². The fraction of sp³-hybridized carbons (Fsp3) is 1.00. The standard InChI is InChI=1S/C12H26N2/c1-5-13-8-6-11(2)14-9-7-12(3,4)10-14/h11,13H,5-10H2,1-4H3. The molecule has 1 fully saturated rings. The van der Waals surface area contributed by atoms with Gasteiger partial charge in [0.25, 0.3) is 0 Å². The van der Waals surface area contributed by atoms with Crippen molar-refractivity contribution in [3.63, 3.8) is 0 Å². The van der Waals surface area contributed by atoms with Crippen LogP contribution in [0.1, 0.15) is 40.5 Å². The second-order valence-corrected chi connectivity index (χ2v) is 5.38. The molecule has 1 saturated heterocycles. The SMILES string of the molecule is CCNCCC(C)N1CCC(C)(C)C1. The van der Waals surface area contributed by atoms with Crippen LogP contribution in [0.15, 0.2) is 0 Å². The van der Waals surface area contributed by atoms with Crippen LogP contribution in [0.25, 0.3) is 0 Å². The molecule has 1 unspecified atom stereocenters. The molecule has 0 amide bonds. The van der Waals surface area contributed by atoms with E-state index in [1.165, 1.54) is 25.9 Å². The van der Waals surface area contributed by atoms with Crippen molar-refractivity contribution in [3.05, 3.63) is 0 Å². The third-order valence-electron chi connectivity index (χ3n) is 3.32. The third-order valence-corrected chi connectivity index (χ3v) is 3.32. The summed E-state index contributed by atoms with van der Waals surface area (Å²) < 4.78 is 0. The van der Waals surface area contributed by atoms with E-state index in [9.17, 15) is 0 Å². The normalized spacial score (nSPS) is 24.0. The molecule has 0 spiro atoms. The van der Waals surface area contributed by atoms with E-state index in [1.54, 1.807) is 0 Å². The van der Waals surface area contributed by atoms with Gasteiger partial charge < -0.3 is 10.2 Å². The lowest BCUT2D eigenvalue weighted by Crippen LogP contribution is -2.34. The molecule has 0 radical (unpaired) electrons. The van der Waals surface area contributed by atoms with Gasteiger partial charge in [0.15, 0.2) is 0 Å². The first-order valence-corrected chi connectivity index (χ1v) is 6.00. The van der Waals surface area contributed by atoms with Crippen LogP contribution in [0.5, 0.6) is 0 Å². The zero-order valence-corrected chi connectivity index (χ0v) is 10.3. The molecule has 0 bridgehead atoms. The molecule has 0 aliphatic carbocycles. The molecule has 1 rings (SSSR count). The van der Waals surface area contributed by atoms with E-state index in [-0.39, 0.29) is 0 Å². The predicted octanol–water partition coefficient (Wildman–Crippen LogP) is 2.11. The van der Waals surface area contributed by atoms with Crippen molar-refractivity contribution in [2.24, 2.45) is 5.41 Å². The van der Waals surface area contributed by atoms with E-state index < -0.39 is 0 Å². The maximum atomic E-state index is 3.40. The molecule has 84 valence electrons. The van der Waals surface area contributed by atoms with Crippen molar-refractivity contribution in [1.82, 2.24) is 10.2 Å². The molecule has 1 aliphatic heterocycles. The summed E-state index contributed by atoms with van der Waals surface area (Å²) in [7, 11) is 0. The second-order valence-electron chi connectivity index (χ2n) is 5.38. The fourth-order valence-electron chi connectivity index (χ4n) is 2.20. The lowest BCUT2D eigenvalue weighted by Gasteiger charge is -2.26. The summed E-state index contributed by atoms with van der Waals surface area (Å²) in [5.41, 5.74) is 0.548. The van der Waals surface area contributed by atoms with Crippen LogP contribution in [0, 0.1) is 5.41 Å². The van der Waals surface area contributed by atoms with Crippen molar-refractivity contribution in [2.45, 2.75) is 46.6 Å². The number of nitrogens with zero attached hydrogens (tertiary/aromatic N) is 1. The Labute approximate surface area is 89.1 Å². The number of nitrogens with one attached hydrogen (secondary N) is 1. The highest BCUT2D eigenvalue weighted by molar-refractivity contribution is 4.85.